The van der Waals surface area contributed by atoms with E-state index < -0.39 is 0 Å². The molecule has 15 heavy (non-hydrogen) atoms. The molecule has 0 N–H and O–H groups in total. The lowest BCUT2D eigenvalue weighted by atomic mass is 10.1. The highest BCUT2D eigenvalue weighted by molar-refractivity contribution is 7.13. The van der Waals surface area contributed by atoms with Gasteiger partial charge in [-0.25, -0.2) is 9.37 Å². The number of nitrogens with zero attached hydrogens (tertiary/aromatic N) is 1. The summed E-state index contributed by atoms with van der Waals surface area (Å²) in [7, 11) is 0. The summed E-state index contributed by atoms with van der Waals surface area (Å²) >= 11 is 1.55. The normalized spacial score (nSPS) is 10.6. The van der Waals surface area contributed by atoms with Crippen molar-refractivity contribution in [3.63, 3.8) is 0 Å². The van der Waals surface area contributed by atoms with Crippen LogP contribution in [0.15, 0.2) is 23.6 Å². The second-order valence-electron chi connectivity index (χ2n) is 3.45. The van der Waals surface area contributed by atoms with Crippen molar-refractivity contribution < 1.29 is 4.39 Å². The molecular formula is C12H12FNS. The molecule has 0 aliphatic rings. The molecule has 0 bridgehead atoms. The van der Waals surface area contributed by atoms with Crippen LogP contribution in [0.1, 0.15) is 18.2 Å². The minimum Gasteiger partial charge on any atom is -0.241 e. The van der Waals surface area contributed by atoms with E-state index in [1.165, 1.54) is 0 Å². The molecule has 0 spiro atoms. The Kier molecular flexibility index (Phi) is 2.82. The lowest BCUT2D eigenvalue weighted by Gasteiger charge is -2.01. The van der Waals surface area contributed by atoms with Crippen LogP contribution in [0.3, 0.4) is 0 Å². The SMILES string of the molecule is CCc1ccc(-c2nc(C)cs2)cc1F. The molecule has 3 heteroatoms. The Hall–Kier alpha value is -1.22. The van der Waals surface area contributed by atoms with Crippen molar-refractivity contribution in [2.24, 2.45) is 0 Å². The van der Waals surface area contributed by atoms with Crippen molar-refractivity contribution >= 4 is 11.3 Å². The summed E-state index contributed by atoms with van der Waals surface area (Å²) < 4.78 is 13.5. The molecule has 0 amide bonds. The Morgan fingerprint density at radius 3 is 2.73 bits per heavy atom. The first kappa shape index (κ1) is 10.3. The second kappa shape index (κ2) is 4.11. The van der Waals surface area contributed by atoms with Gasteiger partial charge in [0.05, 0.1) is 0 Å². The number of aromatic nitrogens is 1. The van der Waals surface area contributed by atoms with E-state index in [2.05, 4.69) is 4.98 Å². The van der Waals surface area contributed by atoms with E-state index in [1.807, 2.05) is 31.4 Å². The first-order valence-electron chi connectivity index (χ1n) is 4.91. The molecule has 0 unspecified atom stereocenters. The van der Waals surface area contributed by atoms with Crippen LogP contribution in [-0.4, -0.2) is 4.98 Å². The van der Waals surface area contributed by atoms with Gasteiger partial charge in [-0.1, -0.05) is 19.1 Å². The van der Waals surface area contributed by atoms with Crippen LogP contribution in [0.4, 0.5) is 4.39 Å². The van der Waals surface area contributed by atoms with Gasteiger partial charge in [0.25, 0.3) is 0 Å². The van der Waals surface area contributed by atoms with E-state index in [9.17, 15) is 4.39 Å². The monoisotopic (exact) mass is 221 g/mol. The van der Waals surface area contributed by atoms with Gasteiger partial charge >= 0.3 is 0 Å². The van der Waals surface area contributed by atoms with Gasteiger partial charge in [-0.15, -0.1) is 11.3 Å². The second-order valence-corrected chi connectivity index (χ2v) is 4.31. The van der Waals surface area contributed by atoms with Gasteiger partial charge in [-0.05, 0) is 25.0 Å². The number of aryl methyl sites for hydroxylation is 2. The summed E-state index contributed by atoms with van der Waals surface area (Å²) in [6.45, 7) is 3.89. The smallest absolute Gasteiger partial charge is 0.127 e. The van der Waals surface area contributed by atoms with Gasteiger partial charge in [0, 0.05) is 16.6 Å². The molecule has 0 aliphatic carbocycles. The van der Waals surface area contributed by atoms with Crippen LogP contribution in [0, 0.1) is 12.7 Å². The van der Waals surface area contributed by atoms with Crippen LogP contribution >= 0.6 is 11.3 Å². The molecule has 1 heterocycles. The first-order valence-corrected chi connectivity index (χ1v) is 5.79. The Morgan fingerprint density at radius 2 is 2.20 bits per heavy atom. The quantitative estimate of drug-likeness (QED) is 0.751. The largest absolute Gasteiger partial charge is 0.241 e. The van der Waals surface area contributed by atoms with E-state index >= 15 is 0 Å². The molecular weight excluding hydrogens is 209 g/mol. The summed E-state index contributed by atoms with van der Waals surface area (Å²) in [6.07, 6.45) is 0.725. The molecule has 2 aromatic rings. The highest BCUT2D eigenvalue weighted by Crippen LogP contribution is 2.25. The van der Waals surface area contributed by atoms with Crippen LogP contribution in [0.5, 0.6) is 0 Å². The first-order chi connectivity index (χ1) is 7.20. The van der Waals surface area contributed by atoms with Crippen molar-refractivity contribution in [3.05, 3.63) is 40.7 Å². The summed E-state index contributed by atoms with van der Waals surface area (Å²) in [5.41, 5.74) is 2.60. The molecule has 78 valence electrons. The Labute approximate surface area is 92.6 Å². The zero-order valence-electron chi connectivity index (χ0n) is 8.75. The van der Waals surface area contributed by atoms with Gasteiger partial charge < -0.3 is 0 Å². The highest BCUT2D eigenvalue weighted by atomic mass is 32.1. The molecule has 1 aromatic heterocycles. The lowest BCUT2D eigenvalue weighted by Crippen LogP contribution is -1.88. The molecule has 0 saturated carbocycles. The Balaban J connectivity index is 2.42. The van der Waals surface area contributed by atoms with Crippen LogP contribution in [-0.2, 0) is 6.42 Å². The summed E-state index contributed by atoms with van der Waals surface area (Å²) in [5.74, 6) is -0.136. The van der Waals surface area contributed by atoms with Gasteiger partial charge in [-0.3, -0.25) is 0 Å². The molecule has 0 radical (unpaired) electrons. The zero-order chi connectivity index (χ0) is 10.8. The number of rotatable bonds is 2. The van der Waals surface area contributed by atoms with Crippen LogP contribution in [0.25, 0.3) is 10.6 Å². The van der Waals surface area contributed by atoms with Gasteiger partial charge in [-0.2, -0.15) is 0 Å². The van der Waals surface area contributed by atoms with E-state index in [1.54, 1.807) is 17.4 Å². The van der Waals surface area contributed by atoms with Gasteiger partial charge in [0.2, 0.25) is 0 Å². The topological polar surface area (TPSA) is 12.9 Å². The number of hydrogen-bond donors (Lipinski definition) is 0. The van der Waals surface area contributed by atoms with Gasteiger partial charge in [0.15, 0.2) is 0 Å². The molecule has 0 aliphatic heterocycles. The Bertz CT molecular complexity index is 476. The maximum absolute atomic E-state index is 13.5. The lowest BCUT2D eigenvalue weighted by molar-refractivity contribution is 0.613. The molecule has 2 rings (SSSR count). The molecule has 1 nitrogen and oxygen atoms in total. The average Bonchev–Trinajstić information content (AvgIpc) is 2.65. The van der Waals surface area contributed by atoms with Crippen molar-refractivity contribution in [3.8, 4) is 10.6 Å². The van der Waals surface area contributed by atoms with Gasteiger partial charge in [0.1, 0.15) is 10.8 Å². The molecule has 0 atom stereocenters. The summed E-state index contributed by atoms with van der Waals surface area (Å²) in [4.78, 5) is 4.33. The van der Waals surface area contributed by atoms with Crippen molar-refractivity contribution in [2.45, 2.75) is 20.3 Å². The fraction of sp³-hybridized carbons (Fsp3) is 0.250. The minimum atomic E-state index is -0.136. The highest BCUT2D eigenvalue weighted by Gasteiger charge is 2.06. The maximum Gasteiger partial charge on any atom is 0.127 e. The van der Waals surface area contributed by atoms with Crippen molar-refractivity contribution in [1.29, 1.82) is 0 Å². The number of thiazole rings is 1. The molecule has 0 saturated heterocycles. The molecule has 1 aromatic carbocycles. The molecule has 0 fully saturated rings. The standard InChI is InChI=1S/C12H12FNS/c1-3-9-4-5-10(6-11(9)13)12-14-8(2)7-15-12/h4-7H,3H2,1-2H3. The number of halogens is 1. The minimum absolute atomic E-state index is 0.136. The summed E-state index contributed by atoms with van der Waals surface area (Å²) in [6, 6.07) is 5.33. The fourth-order valence-corrected chi connectivity index (χ4v) is 2.25. The fourth-order valence-electron chi connectivity index (χ4n) is 1.45. The summed E-state index contributed by atoms with van der Waals surface area (Å²) in [5, 5.41) is 2.86. The van der Waals surface area contributed by atoms with E-state index in [-0.39, 0.29) is 5.82 Å². The third-order valence-electron chi connectivity index (χ3n) is 2.30. The van der Waals surface area contributed by atoms with E-state index in [0.29, 0.717) is 0 Å². The predicted molar refractivity (Wildman–Crippen MR) is 61.6 cm³/mol. The van der Waals surface area contributed by atoms with E-state index in [4.69, 9.17) is 0 Å². The average molecular weight is 221 g/mol. The van der Waals surface area contributed by atoms with Crippen molar-refractivity contribution in [1.82, 2.24) is 4.98 Å². The third kappa shape index (κ3) is 2.07. The predicted octanol–water partition coefficient (Wildman–Crippen LogP) is 3.82. The zero-order valence-corrected chi connectivity index (χ0v) is 9.57. The van der Waals surface area contributed by atoms with Crippen molar-refractivity contribution in [2.75, 3.05) is 0 Å². The number of hydrogen-bond acceptors (Lipinski definition) is 2. The Morgan fingerprint density at radius 1 is 1.40 bits per heavy atom. The third-order valence-corrected chi connectivity index (χ3v) is 3.31. The van der Waals surface area contributed by atoms with Crippen LogP contribution in [0.2, 0.25) is 0 Å². The number of benzene rings is 1. The van der Waals surface area contributed by atoms with E-state index in [0.717, 1.165) is 28.2 Å². The van der Waals surface area contributed by atoms with Crippen LogP contribution < -0.4 is 0 Å². The maximum atomic E-state index is 13.5.